The Morgan fingerprint density at radius 2 is 1.82 bits per heavy atom. The van der Waals surface area contributed by atoms with Crippen LogP contribution in [0.3, 0.4) is 0 Å². The summed E-state index contributed by atoms with van der Waals surface area (Å²) >= 11 is 0. The van der Waals surface area contributed by atoms with Gasteiger partial charge in [0.25, 0.3) is 5.82 Å². The van der Waals surface area contributed by atoms with E-state index in [0.29, 0.717) is 6.42 Å². The van der Waals surface area contributed by atoms with Crippen molar-refractivity contribution in [1.29, 1.82) is 0 Å². The van der Waals surface area contributed by atoms with Gasteiger partial charge in [-0.25, -0.2) is 13.3 Å². The van der Waals surface area contributed by atoms with Crippen LogP contribution in [-0.4, -0.2) is 10.9 Å². The molecule has 3 aromatic rings. The molecule has 0 aliphatic heterocycles. The maximum atomic E-state index is 13.7. The second-order valence-electron chi connectivity index (χ2n) is 8.39. The second kappa shape index (κ2) is 6.61. The summed E-state index contributed by atoms with van der Waals surface area (Å²) in [4.78, 5) is 4.78. The SMILES string of the molecule is Cc1cc(C)c(C)c(-c2c3ccc(C4CCC(F)(F)C4)cc3nc(C)[n+]2C)c1. The maximum absolute atomic E-state index is 13.7. The summed E-state index contributed by atoms with van der Waals surface area (Å²) in [5.41, 5.74) is 7.96. The number of hydrogen-bond acceptors (Lipinski definition) is 1. The molecular formula is C24H27F2N2+. The quantitative estimate of drug-likeness (QED) is 0.508. The first-order valence-electron chi connectivity index (χ1n) is 9.92. The lowest BCUT2D eigenvalue weighted by atomic mass is 9.93. The highest BCUT2D eigenvalue weighted by molar-refractivity contribution is 5.92. The van der Waals surface area contributed by atoms with Crippen LogP contribution >= 0.6 is 0 Å². The van der Waals surface area contributed by atoms with E-state index in [4.69, 9.17) is 4.98 Å². The molecule has 2 nitrogen and oxygen atoms in total. The van der Waals surface area contributed by atoms with Crippen LogP contribution in [0.25, 0.3) is 22.2 Å². The molecule has 28 heavy (non-hydrogen) atoms. The standard InChI is InChI=1S/C24H27F2N2/c1-14-10-15(2)16(3)21(11-14)23-20-7-6-18(19-8-9-24(25,26)13-19)12-22(20)27-17(4)28(23)5/h6-7,10-12,19H,8-9,13H2,1-5H3/q+1. The summed E-state index contributed by atoms with van der Waals surface area (Å²) in [5.74, 6) is -1.70. The third-order valence-corrected chi connectivity index (χ3v) is 6.32. The van der Waals surface area contributed by atoms with Crippen molar-refractivity contribution in [2.45, 2.75) is 58.8 Å². The van der Waals surface area contributed by atoms with Gasteiger partial charge in [0.2, 0.25) is 5.92 Å². The van der Waals surface area contributed by atoms with Gasteiger partial charge in [-0.05, 0) is 73.0 Å². The molecule has 4 heteroatoms. The van der Waals surface area contributed by atoms with Crippen LogP contribution in [0.5, 0.6) is 0 Å². The molecule has 1 atom stereocenters. The van der Waals surface area contributed by atoms with Crippen LogP contribution in [0.15, 0.2) is 30.3 Å². The molecule has 0 bridgehead atoms. The molecule has 1 aromatic heterocycles. The first-order chi connectivity index (χ1) is 13.2. The van der Waals surface area contributed by atoms with E-state index in [0.717, 1.165) is 28.0 Å². The average molecular weight is 381 g/mol. The number of benzene rings is 2. The normalized spacial score (nSPS) is 18.8. The smallest absolute Gasteiger partial charge is 0.230 e. The van der Waals surface area contributed by atoms with E-state index in [9.17, 15) is 8.78 Å². The molecule has 0 amide bonds. The lowest BCUT2D eigenvalue weighted by Gasteiger charge is -2.15. The van der Waals surface area contributed by atoms with Gasteiger partial charge in [0.1, 0.15) is 5.69 Å². The molecule has 0 radical (unpaired) electrons. The van der Waals surface area contributed by atoms with Gasteiger partial charge in [0, 0.05) is 25.3 Å². The highest BCUT2D eigenvalue weighted by Gasteiger charge is 2.40. The number of hydrogen-bond donors (Lipinski definition) is 0. The molecule has 1 saturated carbocycles. The van der Waals surface area contributed by atoms with E-state index in [1.807, 2.05) is 26.1 Å². The Morgan fingerprint density at radius 1 is 1.07 bits per heavy atom. The van der Waals surface area contributed by atoms with E-state index in [1.165, 1.54) is 22.3 Å². The summed E-state index contributed by atoms with van der Waals surface area (Å²) in [5, 5.41) is 1.06. The van der Waals surface area contributed by atoms with Gasteiger partial charge >= 0.3 is 0 Å². The minimum Gasteiger partial charge on any atom is -0.230 e. The van der Waals surface area contributed by atoms with Gasteiger partial charge in [-0.3, -0.25) is 0 Å². The molecule has 0 N–H and O–H groups in total. The van der Waals surface area contributed by atoms with Crippen LogP contribution in [0.1, 0.15) is 53.3 Å². The number of halogens is 2. The molecule has 0 saturated heterocycles. The molecular weight excluding hydrogens is 354 g/mol. The van der Waals surface area contributed by atoms with E-state index < -0.39 is 5.92 Å². The van der Waals surface area contributed by atoms with E-state index in [-0.39, 0.29) is 18.8 Å². The summed E-state index contributed by atoms with van der Waals surface area (Å²) < 4.78 is 29.5. The largest absolute Gasteiger partial charge is 0.296 e. The molecule has 146 valence electrons. The summed E-state index contributed by atoms with van der Waals surface area (Å²) in [6.07, 6.45) is 0.473. The second-order valence-corrected chi connectivity index (χ2v) is 8.39. The van der Waals surface area contributed by atoms with Crippen molar-refractivity contribution >= 4 is 10.9 Å². The lowest BCUT2D eigenvalue weighted by Crippen LogP contribution is -2.36. The topological polar surface area (TPSA) is 16.8 Å². The molecule has 1 aliphatic carbocycles. The first kappa shape index (κ1) is 19.0. The summed E-state index contributed by atoms with van der Waals surface area (Å²) in [6.45, 7) is 8.41. The van der Waals surface area contributed by atoms with Gasteiger partial charge in [0.15, 0.2) is 5.52 Å². The van der Waals surface area contributed by atoms with Crippen LogP contribution in [0.4, 0.5) is 8.78 Å². The van der Waals surface area contributed by atoms with Crippen molar-refractivity contribution in [1.82, 2.24) is 4.98 Å². The van der Waals surface area contributed by atoms with Crippen LogP contribution in [0.2, 0.25) is 0 Å². The fraction of sp³-hybridized carbons (Fsp3) is 0.417. The highest BCUT2D eigenvalue weighted by Crippen LogP contribution is 2.44. The number of rotatable bonds is 2. The minimum absolute atomic E-state index is 0.0150. The zero-order valence-corrected chi connectivity index (χ0v) is 17.2. The van der Waals surface area contributed by atoms with Crippen molar-refractivity contribution < 1.29 is 13.3 Å². The minimum atomic E-state index is -2.53. The van der Waals surface area contributed by atoms with Crippen molar-refractivity contribution in [3.63, 3.8) is 0 Å². The number of aryl methyl sites for hydroxylation is 3. The number of aromatic nitrogens is 2. The number of fused-ring (bicyclic) bond motifs is 1. The fourth-order valence-electron chi connectivity index (χ4n) is 4.53. The Morgan fingerprint density at radius 3 is 2.50 bits per heavy atom. The van der Waals surface area contributed by atoms with Gasteiger partial charge in [-0.2, -0.15) is 0 Å². The Hall–Kier alpha value is -2.36. The van der Waals surface area contributed by atoms with Gasteiger partial charge in [-0.1, -0.05) is 17.7 Å². The number of alkyl halides is 2. The van der Waals surface area contributed by atoms with E-state index in [2.05, 4.69) is 43.5 Å². The molecule has 4 rings (SSSR count). The molecule has 1 fully saturated rings. The van der Waals surface area contributed by atoms with Gasteiger partial charge < -0.3 is 0 Å². The highest BCUT2D eigenvalue weighted by atomic mass is 19.3. The van der Waals surface area contributed by atoms with Crippen LogP contribution in [0, 0.1) is 27.7 Å². The average Bonchev–Trinajstić information content (AvgIpc) is 2.99. The number of nitrogens with zero attached hydrogens (tertiary/aromatic N) is 2. The monoisotopic (exact) mass is 381 g/mol. The third kappa shape index (κ3) is 3.19. The van der Waals surface area contributed by atoms with Crippen LogP contribution in [-0.2, 0) is 7.05 Å². The lowest BCUT2D eigenvalue weighted by molar-refractivity contribution is -0.668. The zero-order chi connectivity index (χ0) is 20.2. The molecule has 1 aliphatic rings. The van der Waals surface area contributed by atoms with Crippen molar-refractivity contribution in [2.75, 3.05) is 0 Å². The van der Waals surface area contributed by atoms with Crippen LogP contribution < -0.4 is 4.57 Å². The van der Waals surface area contributed by atoms with E-state index in [1.54, 1.807) is 0 Å². The Bertz CT molecular complexity index is 1090. The Kier molecular flexibility index (Phi) is 4.48. The zero-order valence-electron chi connectivity index (χ0n) is 17.2. The summed E-state index contributed by atoms with van der Waals surface area (Å²) in [7, 11) is 2.04. The fourth-order valence-corrected chi connectivity index (χ4v) is 4.53. The molecule has 1 heterocycles. The van der Waals surface area contributed by atoms with E-state index >= 15 is 0 Å². The Balaban J connectivity index is 1.92. The first-order valence-corrected chi connectivity index (χ1v) is 9.92. The summed E-state index contributed by atoms with van der Waals surface area (Å²) in [6, 6.07) is 10.5. The molecule has 1 unspecified atom stereocenters. The maximum Gasteiger partial charge on any atom is 0.296 e. The predicted octanol–water partition coefficient (Wildman–Crippen LogP) is 5.86. The van der Waals surface area contributed by atoms with Crippen molar-refractivity contribution in [2.24, 2.45) is 7.05 Å². The van der Waals surface area contributed by atoms with Crippen molar-refractivity contribution in [3.8, 4) is 11.3 Å². The molecule has 0 spiro atoms. The third-order valence-electron chi connectivity index (χ3n) is 6.32. The van der Waals surface area contributed by atoms with Gasteiger partial charge in [-0.15, -0.1) is 0 Å². The van der Waals surface area contributed by atoms with Gasteiger partial charge in [0.05, 0.1) is 12.4 Å². The molecule has 2 aromatic carbocycles. The van der Waals surface area contributed by atoms with Crippen molar-refractivity contribution in [3.05, 3.63) is 58.4 Å². The predicted molar refractivity (Wildman–Crippen MR) is 109 cm³/mol. The Labute approximate surface area is 165 Å².